The lowest BCUT2D eigenvalue weighted by Gasteiger charge is -2.09. The Bertz CT molecular complexity index is 1240. The number of nitro groups is 1. The summed E-state index contributed by atoms with van der Waals surface area (Å²) >= 11 is 0. The van der Waals surface area contributed by atoms with E-state index < -0.39 is 23.4 Å². The number of benzene rings is 3. The zero-order chi connectivity index (χ0) is 25.4. The molecule has 0 saturated carbocycles. The van der Waals surface area contributed by atoms with Gasteiger partial charge in [0, 0.05) is 28.6 Å². The van der Waals surface area contributed by atoms with Crippen molar-refractivity contribution in [3.8, 4) is 5.75 Å². The van der Waals surface area contributed by atoms with Gasteiger partial charge in [-0.2, -0.15) is 0 Å². The number of nitrogens with zero attached hydrogens (tertiary/aromatic N) is 1. The smallest absolute Gasteiger partial charge is 0.339 e. The van der Waals surface area contributed by atoms with Crippen LogP contribution in [-0.4, -0.2) is 35.9 Å². The molecule has 3 aromatic carbocycles. The van der Waals surface area contributed by atoms with Crippen LogP contribution in [0.5, 0.6) is 5.75 Å². The monoisotopic (exact) mass is 477 g/mol. The highest BCUT2D eigenvalue weighted by Gasteiger charge is 2.19. The lowest BCUT2D eigenvalue weighted by molar-refractivity contribution is -0.385. The SMILES string of the molecule is CCOc1ccc(NC(=O)c2ccc(NC(=O)COC(=O)c3cccc([N+](=O)[O-])c3C)cc2)cc1. The predicted octanol–water partition coefficient (Wildman–Crippen LogP) is 4.35. The van der Waals surface area contributed by atoms with E-state index in [0.717, 1.165) is 0 Å². The van der Waals surface area contributed by atoms with Crippen molar-refractivity contribution in [1.82, 2.24) is 0 Å². The third-order valence-electron chi connectivity index (χ3n) is 4.91. The maximum absolute atomic E-state index is 12.4. The molecule has 2 amide bonds. The fourth-order valence-corrected chi connectivity index (χ4v) is 3.16. The molecule has 0 aliphatic heterocycles. The molecule has 3 aromatic rings. The average Bonchev–Trinajstić information content (AvgIpc) is 2.84. The fourth-order valence-electron chi connectivity index (χ4n) is 3.16. The van der Waals surface area contributed by atoms with Crippen LogP contribution in [0, 0.1) is 17.0 Å². The van der Waals surface area contributed by atoms with Crippen LogP contribution >= 0.6 is 0 Å². The minimum absolute atomic E-state index is 0.00916. The molecule has 0 aromatic heterocycles. The first-order valence-corrected chi connectivity index (χ1v) is 10.6. The molecule has 180 valence electrons. The van der Waals surface area contributed by atoms with Crippen molar-refractivity contribution in [2.45, 2.75) is 13.8 Å². The van der Waals surface area contributed by atoms with Gasteiger partial charge >= 0.3 is 5.97 Å². The first kappa shape index (κ1) is 24.9. The second-order valence-corrected chi connectivity index (χ2v) is 7.32. The molecule has 10 heteroatoms. The number of carbonyl (C=O) groups excluding carboxylic acids is 3. The largest absolute Gasteiger partial charge is 0.494 e. The molecule has 0 bridgehead atoms. The van der Waals surface area contributed by atoms with Gasteiger partial charge in [0.15, 0.2) is 6.61 Å². The highest BCUT2D eigenvalue weighted by atomic mass is 16.6. The Balaban J connectivity index is 1.52. The van der Waals surface area contributed by atoms with Crippen LogP contribution in [0.15, 0.2) is 66.7 Å². The van der Waals surface area contributed by atoms with Gasteiger partial charge in [-0.3, -0.25) is 19.7 Å². The summed E-state index contributed by atoms with van der Waals surface area (Å²) in [6.45, 7) is 3.29. The van der Waals surface area contributed by atoms with Crippen LogP contribution in [0.25, 0.3) is 0 Å². The molecule has 0 radical (unpaired) electrons. The first-order valence-electron chi connectivity index (χ1n) is 10.6. The number of carbonyl (C=O) groups is 3. The summed E-state index contributed by atoms with van der Waals surface area (Å²) in [5.74, 6) is -1.07. The van der Waals surface area contributed by atoms with Crippen molar-refractivity contribution in [3.05, 3.63) is 93.5 Å². The Morgan fingerprint density at radius 2 is 1.54 bits per heavy atom. The molecule has 35 heavy (non-hydrogen) atoms. The number of esters is 1. The molecule has 0 spiro atoms. The normalized spacial score (nSPS) is 10.2. The van der Waals surface area contributed by atoms with Crippen LogP contribution in [0.1, 0.15) is 33.2 Å². The Labute approximate surface area is 201 Å². The molecule has 0 aliphatic rings. The van der Waals surface area contributed by atoms with Crippen molar-refractivity contribution in [2.24, 2.45) is 0 Å². The highest BCUT2D eigenvalue weighted by molar-refractivity contribution is 6.04. The van der Waals surface area contributed by atoms with E-state index in [1.807, 2.05) is 6.92 Å². The summed E-state index contributed by atoms with van der Waals surface area (Å²) in [4.78, 5) is 47.3. The van der Waals surface area contributed by atoms with Gasteiger partial charge in [0.25, 0.3) is 17.5 Å². The van der Waals surface area contributed by atoms with Gasteiger partial charge in [-0.25, -0.2) is 4.79 Å². The van der Waals surface area contributed by atoms with E-state index in [1.54, 1.807) is 24.3 Å². The average molecular weight is 477 g/mol. The Hall–Kier alpha value is -4.73. The number of rotatable bonds is 9. The van der Waals surface area contributed by atoms with Crippen molar-refractivity contribution in [3.63, 3.8) is 0 Å². The molecule has 0 fully saturated rings. The minimum atomic E-state index is -0.845. The number of ether oxygens (including phenoxy) is 2. The third-order valence-corrected chi connectivity index (χ3v) is 4.91. The molecule has 3 rings (SSSR count). The summed E-state index contributed by atoms with van der Waals surface area (Å²) in [7, 11) is 0. The number of anilines is 2. The first-order chi connectivity index (χ1) is 16.8. The van der Waals surface area contributed by atoms with Crippen LogP contribution in [-0.2, 0) is 9.53 Å². The minimum Gasteiger partial charge on any atom is -0.494 e. The van der Waals surface area contributed by atoms with Crippen molar-refractivity contribution >= 4 is 34.8 Å². The molecule has 0 heterocycles. The summed E-state index contributed by atoms with van der Waals surface area (Å²) in [6.07, 6.45) is 0. The number of amides is 2. The zero-order valence-electron chi connectivity index (χ0n) is 19.1. The van der Waals surface area contributed by atoms with E-state index in [-0.39, 0.29) is 22.7 Å². The molecule has 0 unspecified atom stereocenters. The van der Waals surface area contributed by atoms with E-state index >= 15 is 0 Å². The summed E-state index contributed by atoms with van der Waals surface area (Å²) in [6, 6.07) is 17.2. The number of hydrogen-bond donors (Lipinski definition) is 2. The quantitative estimate of drug-likeness (QED) is 0.265. The standard InChI is InChI=1S/C25H23N3O7/c1-3-34-20-13-11-19(12-14-20)27-24(30)17-7-9-18(10-8-17)26-23(29)15-35-25(31)21-5-4-6-22(16(21)2)28(32)33/h4-14H,3,15H2,1-2H3,(H,26,29)(H,27,30). The summed E-state index contributed by atoms with van der Waals surface area (Å²) in [5.41, 5.74) is 1.34. The van der Waals surface area contributed by atoms with Gasteiger partial charge in [-0.1, -0.05) is 6.07 Å². The van der Waals surface area contributed by atoms with Gasteiger partial charge in [0.2, 0.25) is 0 Å². The molecule has 2 N–H and O–H groups in total. The number of nitro benzene ring substituents is 1. The van der Waals surface area contributed by atoms with Gasteiger partial charge < -0.3 is 20.1 Å². The van der Waals surface area contributed by atoms with Crippen LogP contribution in [0.2, 0.25) is 0 Å². The molecule has 0 atom stereocenters. The van der Waals surface area contributed by atoms with E-state index in [0.29, 0.717) is 29.3 Å². The van der Waals surface area contributed by atoms with Crippen LogP contribution < -0.4 is 15.4 Å². The van der Waals surface area contributed by atoms with Crippen molar-refractivity contribution in [1.29, 1.82) is 0 Å². The maximum Gasteiger partial charge on any atom is 0.339 e. The Morgan fingerprint density at radius 3 is 2.17 bits per heavy atom. The lowest BCUT2D eigenvalue weighted by Crippen LogP contribution is -2.21. The predicted molar refractivity (Wildman–Crippen MR) is 129 cm³/mol. The summed E-state index contributed by atoms with van der Waals surface area (Å²) in [5, 5.41) is 16.3. The second kappa shape index (κ2) is 11.4. The van der Waals surface area contributed by atoms with E-state index in [4.69, 9.17) is 9.47 Å². The van der Waals surface area contributed by atoms with Crippen molar-refractivity contribution in [2.75, 3.05) is 23.8 Å². The van der Waals surface area contributed by atoms with E-state index in [2.05, 4.69) is 10.6 Å². The molecular weight excluding hydrogens is 454 g/mol. The molecule has 10 nitrogen and oxygen atoms in total. The fraction of sp³-hybridized carbons (Fsp3) is 0.160. The Morgan fingerprint density at radius 1 is 0.914 bits per heavy atom. The van der Waals surface area contributed by atoms with E-state index in [1.165, 1.54) is 49.4 Å². The van der Waals surface area contributed by atoms with Gasteiger partial charge in [-0.05, 0) is 68.4 Å². The maximum atomic E-state index is 12.4. The topological polar surface area (TPSA) is 137 Å². The molecule has 0 aliphatic carbocycles. The van der Waals surface area contributed by atoms with Gasteiger partial charge in [-0.15, -0.1) is 0 Å². The van der Waals surface area contributed by atoms with Gasteiger partial charge in [0.1, 0.15) is 5.75 Å². The van der Waals surface area contributed by atoms with Crippen LogP contribution in [0.4, 0.5) is 17.1 Å². The molecular formula is C25H23N3O7. The van der Waals surface area contributed by atoms with Crippen LogP contribution in [0.3, 0.4) is 0 Å². The number of hydrogen-bond acceptors (Lipinski definition) is 7. The lowest BCUT2D eigenvalue weighted by atomic mass is 10.1. The number of nitrogens with one attached hydrogen (secondary N) is 2. The third kappa shape index (κ3) is 6.64. The van der Waals surface area contributed by atoms with Crippen molar-refractivity contribution < 1.29 is 28.8 Å². The summed E-state index contributed by atoms with van der Waals surface area (Å²) < 4.78 is 10.4. The van der Waals surface area contributed by atoms with Gasteiger partial charge in [0.05, 0.1) is 17.1 Å². The van der Waals surface area contributed by atoms with E-state index in [9.17, 15) is 24.5 Å². The molecule has 0 saturated heterocycles. The Kier molecular flexibility index (Phi) is 8.12. The second-order valence-electron chi connectivity index (χ2n) is 7.32. The highest BCUT2D eigenvalue weighted by Crippen LogP contribution is 2.22. The zero-order valence-corrected chi connectivity index (χ0v) is 19.1.